The molecule has 0 unspecified atom stereocenters. The van der Waals surface area contributed by atoms with E-state index in [4.69, 9.17) is 4.52 Å². The van der Waals surface area contributed by atoms with Crippen molar-refractivity contribution in [3.05, 3.63) is 11.6 Å². The molecule has 0 saturated heterocycles. The van der Waals surface area contributed by atoms with Crippen molar-refractivity contribution in [2.24, 2.45) is 5.92 Å². The molecule has 114 valence electrons. The highest BCUT2D eigenvalue weighted by atomic mass is 31.2. The van der Waals surface area contributed by atoms with E-state index in [0.717, 1.165) is 19.3 Å². The Morgan fingerprint density at radius 2 is 1.68 bits per heavy atom. The minimum absolute atomic E-state index is 0.545. The summed E-state index contributed by atoms with van der Waals surface area (Å²) in [7, 11) is 4.36. The zero-order valence-corrected chi connectivity index (χ0v) is 14.5. The maximum absolute atomic E-state index is 12.5. The standard InChI is InChI=1S/C14H31N2O2P/c1-13(2)9-8-10-14(3)11-12-18-19(17,15(4)5)16(6)7/h9,14H,8,10-12H2,1-7H3/t14-/m0/s1. The van der Waals surface area contributed by atoms with Crippen LogP contribution in [0.25, 0.3) is 0 Å². The van der Waals surface area contributed by atoms with E-state index < -0.39 is 7.67 Å². The van der Waals surface area contributed by atoms with Crippen LogP contribution in [0.3, 0.4) is 0 Å². The van der Waals surface area contributed by atoms with Crippen molar-refractivity contribution in [1.82, 2.24) is 9.34 Å². The van der Waals surface area contributed by atoms with Gasteiger partial charge in [-0.3, -0.25) is 4.57 Å². The van der Waals surface area contributed by atoms with E-state index in [0.29, 0.717) is 12.5 Å². The molecule has 0 aliphatic heterocycles. The summed E-state index contributed by atoms with van der Waals surface area (Å²) in [6.07, 6.45) is 5.48. The van der Waals surface area contributed by atoms with Crippen molar-refractivity contribution in [3.8, 4) is 0 Å². The SMILES string of the molecule is CC(C)=CCC[C@H](C)CCOP(=O)(N(C)C)N(C)C. The van der Waals surface area contributed by atoms with Gasteiger partial charge in [-0.1, -0.05) is 18.6 Å². The second kappa shape index (κ2) is 8.91. The van der Waals surface area contributed by atoms with E-state index in [2.05, 4.69) is 26.8 Å². The third-order valence-electron chi connectivity index (χ3n) is 3.09. The van der Waals surface area contributed by atoms with Crippen LogP contribution in [0.2, 0.25) is 0 Å². The lowest BCUT2D eigenvalue weighted by atomic mass is 10.0. The summed E-state index contributed by atoms with van der Waals surface area (Å²) in [5.74, 6) is 0.591. The minimum atomic E-state index is -2.81. The molecule has 0 aromatic rings. The smallest absolute Gasteiger partial charge is 0.306 e. The molecule has 0 fully saturated rings. The maximum atomic E-state index is 12.5. The van der Waals surface area contributed by atoms with E-state index in [1.807, 2.05) is 0 Å². The predicted octanol–water partition coefficient (Wildman–Crippen LogP) is 4.01. The molecule has 0 radical (unpaired) electrons. The Hall–Kier alpha value is -0.150. The number of rotatable bonds is 9. The van der Waals surface area contributed by atoms with Gasteiger partial charge >= 0.3 is 7.67 Å². The molecular weight excluding hydrogens is 259 g/mol. The second-order valence-corrected chi connectivity index (χ2v) is 8.61. The Balaban J connectivity index is 4.07. The first-order valence-electron chi connectivity index (χ1n) is 6.93. The van der Waals surface area contributed by atoms with Gasteiger partial charge in [-0.2, -0.15) is 0 Å². The van der Waals surface area contributed by atoms with Crippen LogP contribution in [0.1, 0.15) is 40.0 Å². The summed E-state index contributed by atoms with van der Waals surface area (Å²) in [5.41, 5.74) is 1.37. The van der Waals surface area contributed by atoms with Crippen molar-refractivity contribution >= 4 is 7.67 Å². The van der Waals surface area contributed by atoms with E-state index in [-0.39, 0.29) is 0 Å². The molecule has 0 heterocycles. The third-order valence-corrected chi connectivity index (χ3v) is 5.63. The molecule has 0 aliphatic carbocycles. The van der Waals surface area contributed by atoms with Gasteiger partial charge in [0.15, 0.2) is 0 Å². The largest absolute Gasteiger partial charge is 0.345 e. The third kappa shape index (κ3) is 7.26. The molecule has 0 N–H and O–H groups in total. The lowest BCUT2D eigenvalue weighted by Crippen LogP contribution is -2.23. The number of nitrogens with zero attached hydrogens (tertiary/aromatic N) is 2. The van der Waals surface area contributed by atoms with Crippen LogP contribution >= 0.6 is 7.67 Å². The first kappa shape index (κ1) is 18.9. The zero-order valence-electron chi connectivity index (χ0n) is 13.6. The highest BCUT2D eigenvalue weighted by Crippen LogP contribution is 2.50. The van der Waals surface area contributed by atoms with Crippen molar-refractivity contribution in [2.75, 3.05) is 34.8 Å². The van der Waals surface area contributed by atoms with Gasteiger partial charge in [-0.05, 0) is 67.2 Å². The van der Waals surface area contributed by atoms with Gasteiger partial charge in [0.25, 0.3) is 0 Å². The summed E-state index contributed by atoms with van der Waals surface area (Å²) < 4.78 is 21.5. The fourth-order valence-electron chi connectivity index (χ4n) is 1.76. The molecule has 4 nitrogen and oxygen atoms in total. The average molecular weight is 290 g/mol. The van der Waals surface area contributed by atoms with Gasteiger partial charge in [0.05, 0.1) is 6.61 Å². The van der Waals surface area contributed by atoms with Crippen LogP contribution in [-0.4, -0.2) is 44.1 Å². The molecule has 0 aromatic carbocycles. The Kier molecular flexibility index (Phi) is 8.84. The van der Waals surface area contributed by atoms with Gasteiger partial charge in [0, 0.05) is 0 Å². The van der Waals surface area contributed by atoms with Gasteiger partial charge in [-0.15, -0.1) is 0 Å². The average Bonchev–Trinajstić information content (AvgIpc) is 2.27. The molecule has 0 aliphatic rings. The maximum Gasteiger partial charge on any atom is 0.345 e. The molecular formula is C14H31N2O2P. The predicted molar refractivity (Wildman–Crippen MR) is 83.4 cm³/mol. The van der Waals surface area contributed by atoms with Crippen LogP contribution in [0.5, 0.6) is 0 Å². The van der Waals surface area contributed by atoms with Crippen molar-refractivity contribution in [3.63, 3.8) is 0 Å². The lowest BCUT2D eigenvalue weighted by Gasteiger charge is -2.29. The second-order valence-electron chi connectivity index (χ2n) is 5.77. The fraction of sp³-hybridized carbons (Fsp3) is 0.857. The van der Waals surface area contributed by atoms with Crippen LogP contribution < -0.4 is 0 Å². The fourth-order valence-corrected chi connectivity index (χ4v) is 3.28. The Bertz CT molecular complexity index is 311. The first-order chi connectivity index (χ1) is 8.70. The Morgan fingerprint density at radius 1 is 1.16 bits per heavy atom. The van der Waals surface area contributed by atoms with Gasteiger partial charge in [0.2, 0.25) is 0 Å². The minimum Gasteiger partial charge on any atom is -0.306 e. The summed E-state index contributed by atoms with van der Waals surface area (Å²) in [4.78, 5) is 0. The Morgan fingerprint density at radius 3 is 2.11 bits per heavy atom. The molecule has 0 rings (SSSR count). The molecule has 0 amide bonds. The molecule has 5 heteroatoms. The summed E-state index contributed by atoms with van der Waals surface area (Å²) in [6, 6.07) is 0. The van der Waals surface area contributed by atoms with Crippen LogP contribution in [-0.2, 0) is 9.09 Å². The van der Waals surface area contributed by atoms with Crippen molar-refractivity contribution in [1.29, 1.82) is 0 Å². The van der Waals surface area contributed by atoms with Crippen molar-refractivity contribution in [2.45, 2.75) is 40.0 Å². The first-order valence-corrected chi connectivity index (χ1v) is 8.46. The molecule has 1 atom stereocenters. The van der Waals surface area contributed by atoms with E-state index in [1.165, 1.54) is 5.57 Å². The quantitative estimate of drug-likeness (QED) is 0.474. The molecule has 19 heavy (non-hydrogen) atoms. The monoisotopic (exact) mass is 290 g/mol. The van der Waals surface area contributed by atoms with E-state index in [1.54, 1.807) is 37.5 Å². The summed E-state index contributed by atoms with van der Waals surface area (Å²) >= 11 is 0. The Labute approximate surface area is 119 Å². The normalized spacial score (nSPS) is 13.9. The number of allylic oxidation sites excluding steroid dienone is 2. The topological polar surface area (TPSA) is 32.8 Å². The molecule has 0 saturated carbocycles. The van der Waals surface area contributed by atoms with E-state index in [9.17, 15) is 4.57 Å². The number of hydrogen-bond donors (Lipinski definition) is 0. The summed E-state index contributed by atoms with van der Waals surface area (Å²) in [5, 5.41) is 0. The zero-order chi connectivity index (χ0) is 15.1. The van der Waals surface area contributed by atoms with Gasteiger partial charge in [-0.25, -0.2) is 9.34 Å². The van der Waals surface area contributed by atoms with Crippen LogP contribution in [0, 0.1) is 5.92 Å². The van der Waals surface area contributed by atoms with Crippen LogP contribution in [0.15, 0.2) is 11.6 Å². The summed E-state index contributed by atoms with van der Waals surface area (Å²) in [6.45, 7) is 7.01. The van der Waals surface area contributed by atoms with Crippen LogP contribution in [0.4, 0.5) is 0 Å². The van der Waals surface area contributed by atoms with E-state index >= 15 is 0 Å². The number of hydrogen-bond acceptors (Lipinski definition) is 2. The molecule has 0 bridgehead atoms. The van der Waals surface area contributed by atoms with Gasteiger partial charge < -0.3 is 4.52 Å². The molecule has 0 aromatic heterocycles. The highest BCUT2D eigenvalue weighted by molar-refractivity contribution is 7.53. The highest BCUT2D eigenvalue weighted by Gasteiger charge is 2.29. The van der Waals surface area contributed by atoms with Gasteiger partial charge in [0.1, 0.15) is 0 Å². The molecule has 0 spiro atoms. The lowest BCUT2D eigenvalue weighted by molar-refractivity contribution is 0.227. The van der Waals surface area contributed by atoms with Crippen molar-refractivity contribution < 1.29 is 9.09 Å².